The molecule has 1 aliphatic heterocycles. The van der Waals surface area contributed by atoms with Gasteiger partial charge in [-0.05, 0) is 37.1 Å². The number of piperidine rings is 1. The SMILES string of the molecule is COc1ccc(OC)c(S(=O)(=O)N2CCCC(c3nnc(COc4ccccc4)o3)C2)c1. The van der Waals surface area contributed by atoms with E-state index < -0.39 is 10.0 Å². The van der Waals surface area contributed by atoms with E-state index in [4.69, 9.17) is 18.6 Å². The zero-order valence-corrected chi connectivity index (χ0v) is 18.7. The predicted octanol–water partition coefficient (Wildman–Crippen LogP) is 3.23. The van der Waals surface area contributed by atoms with Crippen LogP contribution < -0.4 is 14.2 Å². The van der Waals surface area contributed by atoms with Gasteiger partial charge in [-0.25, -0.2) is 8.42 Å². The van der Waals surface area contributed by atoms with Gasteiger partial charge < -0.3 is 18.6 Å². The second-order valence-corrected chi connectivity index (χ2v) is 9.26. The van der Waals surface area contributed by atoms with Crippen LogP contribution in [0.15, 0.2) is 57.8 Å². The number of ether oxygens (including phenoxy) is 3. The quantitative estimate of drug-likeness (QED) is 0.506. The molecule has 1 atom stereocenters. The summed E-state index contributed by atoms with van der Waals surface area (Å²) in [6, 6.07) is 14.1. The lowest BCUT2D eigenvalue weighted by Crippen LogP contribution is -2.39. The largest absolute Gasteiger partial charge is 0.497 e. The maximum absolute atomic E-state index is 13.4. The molecule has 1 aromatic heterocycles. The third-order valence-electron chi connectivity index (χ3n) is 5.31. The number of benzene rings is 2. The lowest BCUT2D eigenvalue weighted by molar-refractivity contribution is 0.243. The van der Waals surface area contributed by atoms with Gasteiger partial charge in [-0.15, -0.1) is 10.2 Å². The predicted molar refractivity (Wildman–Crippen MR) is 115 cm³/mol. The minimum Gasteiger partial charge on any atom is -0.497 e. The van der Waals surface area contributed by atoms with Crippen LogP contribution >= 0.6 is 0 Å². The number of rotatable bonds is 8. The Bertz CT molecular complexity index is 1150. The standard InChI is InChI=1S/C22H25N3O6S/c1-28-18-10-11-19(29-2)20(13-18)32(26,27)25-12-6-7-16(14-25)22-24-23-21(31-22)15-30-17-8-4-3-5-9-17/h3-5,8-11,13,16H,6-7,12,14-15H2,1-2H3. The van der Waals surface area contributed by atoms with Gasteiger partial charge in [-0.3, -0.25) is 0 Å². The molecule has 2 aromatic carbocycles. The van der Waals surface area contributed by atoms with E-state index in [1.807, 2.05) is 30.3 Å². The summed E-state index contributed by atoms with van der Waals surface area (Å²) in [5.74, 6) is 1.97. The van der Waals surface area contributed by atoms with E-state index in [-0.39, 0.29) is 29.7 Å². The number of methoxy groups -OCH3 is 2. The fourth-order valence-electron chi connectivity index (χ4n) is 3.64. The highest BCUT2D eigenvalue weighted by molar-refractivity contribution is 7.89. The van der Waals surface area contributed by atoms with E-state index >= 15 is 0 Å². The van der Waals surface area contributed by atoms with Gasteiger partial charge in [0.15, 0.2) is 6.61 Å². The maximum atomic E-state index is 13.4. The van der Waals surface area contributed by atoms with Crippen molar-refractivity contribution in [2.24, 2.45) is 0 Å². The van der Waals surface area contributed by atoms with Crippen LogP contribution in [-0.2, 0) is 16.6 Å². The second-order valence-electron chi connectivity index (χ2n) is 7.35. The Morgan fingerprint density at radius 1 is 1.06 bits per heavy atom. The van der Waals surface area contributed by atoms with Gasteiger partial charge in [0, 0.05) is 19.2 Å². The molecule has 0 saturated carbocycles. The van der Waals surface area contributed by atoms with Gasteiger partial charge in [0.05, 0.1) is 20.1 Å². The molecule has 3 aromatic rings. The van der Waals surface area contributed by atoms with Crippen LogP contribution in [0.3, 0.4) is 0 Å². The molecule has 0 amide bonds. The molecule has 0 aliphatic carbocycles. The smallest absolute Gasteiger partial charge is 0.253 e. The first-order valence-corrected chi connectivity index (χ1v) is 11.7. The van der Waals surface area contributed by atoms with Crippen molar-refractivity contribution in [3.8, 4) is 17.2 Å². The summed E-state index contributed by atoms with van der Waals surface area (Å²) in [6.45, 7) is 0.786. The summed E-state index contributed by atoms with van der Waals surface area (Å²) in [5, 5.41) is 8.20. The Labute approximate surface area is 187 Å². The highest BCUT2D eigenvalue weighted by Gasteiger charge is 2.35. The van der Waals surface area contributed by atoms with Crippen molar-refractivity contribution < 1.29 is 27.0 Å². The molecule has 1 fully saturated rings. The molecular weight excluding hydrogens is 434 g/mol. The minimum absolute atomic E-state index is 0.0717. The van der Waals surface area contributed by atoms with Crippen LogP contribution in [0, 0.1) is 0 Å². The molecule has 0 N–H and O–H groups in total. The third-order valence-corrected chi connectivity index (χ3v) is 7.20. The molecule has 10 heteroatoms. The Morgan fingerprint density at radius 3 is 2.62 bits per heavy atom. The van der Waals surface area contributed by atoms with Crippen LogP contribution in [0.4, 0.5) is 0 Å². The topological polar surface area (TPSA) is 104 Å². The van der Waals surface area contributed by atoms with Crippen molar-refractivity contribution in [1.82, 2.24) is 14.5 Å². The number of nitrogens with zero attached hydrogens (tertiary/aromatic N) is 3. The molecule has 0 bridgehead atoms. The van der Waals surface area contributed by atoms with Crippen molar-refractivity contribution in [3.05, 3.63) is 60.3 Å². The van der Waals surface area contributed by atoms with Gasteiger partial charge in [0.1, 0.15) is 22.1 Å². The summed E-state index contributed by atoms with van der Waals surface area (Å²) in [7, 11) is -0.872. The first kappa shape index (κ1) is 22.1. The van der Waals surface area contributed by atoms with E-state index in [9.17, 15) is 8.42 Å². The Kier molecular flexibility index (Phi) is 6.61. The second kappa shape index (κ2) is 9.58. The number of sulfonamides is 1. The van der Waals surface area contributed by atoms with E-state index in [0.29, 0.717) is 36.2 Å². The summed E-state index contributed by atoms with van der Waals surface area (Å²) in [6.07, 6.45) is 1.43. The fraction of sp³-hybridized carbons (Fsp3) is 0.364. The van der Waals surface area contributed by atoms with Crippen molar-refractivity contribution in [3.63, 3.8) is 0 Å². The summed E-state index contributed by atoms with van der Waals surface area (Å²) < 4.78 is 50.1. The van der Waals surface area contributed by atoms with Crippen molar-refractivity contribution in [2.45, 2.75) is 30.3 Å². The van der Waals surface area contributed by atoms with E-state index in [2.05, 4.69) is 10.2 Å². The molecule has 2 heterocycles. The highest BCUT2D eigenvalue weighted by Crippen LogP contribution is 2.34. The maximum Gasteiger partial charge on any atom is 0.253 e. The highest BCUT2D eigenvalue weighted by atomic mass is 32.2. The van der Waals surface area contributed by atoms with Gasteiger partial charge in [-0.1, -0.05) is 18.2 Å². The first-order chi connectivity index (χ1) is 15.5. The van der Waals surface area contributed by atoms with Crippen LogP contribution in [-0.4, -0.2) is 50.2 Å². The van der Waals surface area contributed by atoms with Crippen molar-refractivity contribution >= 4 is 10.0 Å². The van der Waals surface area contributed by atoms with Crippen LogP contribution in [0.5, 0.6) is 17.2 Å². The molecule has 9 nitrogen and oxygen atoms in total. The molecule has 4 rings (SSSR count). The number of hydrogen-bond acceptors (Lipinski definition) is 8. The molecule has 1 aliphatic rings. The monoisotopic (exact) mass is 459 g/mol. The van der Waals surface area contributed by atoms with Crippen molar-refractivity contribution in [1.29, 1.82) is 0 Å². The zero-order valence-electron chi connectivity index (χ0n) is 17.9. The average molecular weight is 460 g/mol. The van der Waals surface area contributed by atoms with Crippen molar-refractivity contribution in [2.75, 3.05) is 27.3 Å². The first-order valence-electron chi connectivity index (χ1n) is 10.2. The summed E-state index contributed by atoms with van der Waals surface area (Å²) in [4.78, 5) is 0.0717. The lowest BCUT2D eigenvalue weighted by atomic mass is 10.00. The summed E-state index contributed by atoms with van der Waals surface area (Å²) >= 11 is 0. The molecule has 170 valence electrons. The minimum atomic E-state index is -3.80. The van der Waals surface area contributed by atoms with Gasteiger partial charge in [-0.2, -0.15) is 4.31 Å². The Morgan fingerprint density at radius 2 is 1.88 bits per heavy atom. The van der Waals surface area contributed by atoms with Gasteiger partial charge >= 0.3 is 0 Å². The van der Waals surface area contributed by atoms with Crippen LogP contribution in [0.25, 0.3) is 0 Å². The van der Waals surface area contributed by atoms with E-state index in [0.717, 1.165) is 6.42 Å². The third kappa shape index (κ3) is 4.71. The molecule has 1 saturated heterocycles. The molecular formula is C22H25N3O6S. The molecule has 1 unspecified atom stereocenters. The molecule has 0 spiro atoms. The molecule has 0 radical (unpaired) electrons. The fourth-order valence-corrected chi connectivity index (χ4v) is 5.33. The zero-order chi connectivity index (χ0) is 22.6. The number of para-hydroxylation sites is 1. The summed E-state index contributed by atoms with van der Waals surface area (Å²) in [5.41, 5.74) is 0. The normalized spacial score (nSPS) is 17.1. The van der Waals surface area contributed by atoms with Gasteiger partial charge in [0.25, 0.3) is 5.89 Å². The van der Waals surface area contributed by atoms with Gasteiger partial charge in [0.2, 0.25) is 15.9 Å². The number of aromatic nitrogens is 2. The Balaban J connectivity index is 1.48. The van der Waals surface area contributed by atoms with Crippen LogP contribution in [0.1, 0.15) is 30.5 Å². The van der Waals surface area contributed by atoms with E-state index in [1.165, 1.54) is 24.6 Å². The van der Waals surface area contributed by atoms with Crippen LogP contribution in [0.2, 0.25) is 0 Å². The lowest BCUT2D eigenvalue weighted by Gasteiger charge is -2.30. The number of hydrogen-bond donors (Lipinski definition) is 0. The molecule has 32 heavy (non-hydrogen) atoms. The van der Waals surface area contributed by atoms with E-state index in [1.54, 1.807) is 12.1 Å². The Hall–Kier alpha value is -3.11. The average Bonchev–Trinajstić information content (AvgIpc) is 3.32.